The number of para-hydroxylation sites is 1. The second-order valence-electron chi connectivity index (χ2n) is 6.33. The van der Waals surface area contributed by atoms with Crippen molar-refractivity contribution in [3.8, 4) is 0 Å². The fourth-order valence-corrected chi connectivity index (χ4v) is 3.03. The number of rotatable bonds is 6. The van der Waals surface area contributed by atoms with Crippen molar-refractivity contribution in [1.82, 2.24) is 4.90 Å². The summed E-state index contributed by atoms with van der Waals surface area (Å²) in [5, 5.41) is 7.96. The topological polar surface area (TPSA) is 39.7 Å². The van der Waals surface area contributed by atoms with E-state index < -0.39 is 0 Å². The monoisotopic (exact) mass is 334 g/mol. The number of allylic oxidation sites excluding steroid dienone is 1. The zero-order chi connectivity index (χ0) is 17.8. The summed E-state index contributed by atoms with van der Waals surface area (Å²) in [6.45, 7) is 13.6. The first-order chi connectivity index (χ1) is 12.1. The lowest BCUT2D eigenvalue weighted by atomic mass is 10.1. The first-order valence-electron chi connectivity index (χ1n) is 8.83. The van der Waals surface area contributed by atoms with Gasteiger partial charge in [-0.25, -0.2) is 0 Å². The van der Waals surface area contributed by atoms with Crippen LogP contribution < -0.4 is 10.7 Å². The molecule has 1 aliphatic heterocycles. The predicted octanol–water partition coefficient (Wildman–Crippen LogP) is 4.59. The van der Waals surface area contributed by atoms with Gasteiger partial charge in [-0.2, -0.15) is 5.10 Å². The molecule has 0 saturated heterocycles. The number of hydrogen-bond donors (Lipinski definition) is 2. The van der Waals surface area contributed by atoms with Gasteiger partial charge in [0.05, 0.1) is 11.4 Å². The zero-order valence-corrected chi connectivity index (χ0v) is 15.3. The smallest absolute Gasteiger partial charge is 0.115 e. The minimum atomic E-state index is 0.830. The summed E-state index contributed by atoms with van der Waals surface area (Å²) in [4.78, 5) is 2.40. The first-order valence-corrected chi connectivity index (χ1v) is 8.83. The second kappa shape index (κ2) is 7.53. The van der Waals surface area contributed by atoms with E-state index in [9.17, 15) is 0 Å². The Morgan fingerprint density at radius 3 is 2.60 bits per heavy atom. The highest BCUT2D eigenvalue weighted by molar-refractivity contribution is 6.21. The van der Waals surface area contributed by atoms with Crippen LogP contribution in [0.5, 0.6) is 0 Å². The highest BCUT2D eigenvalue weighted by Gasteiger charge is 2.22. The molecule has 2 aromatic rings. The molecule has 25 heavy (non-hydrogen) atoms. The predicted molar refractivity (Wildman–Crippen MR) is 107 cm³/mol. The van der Waals surface area contributed by atoms with Gasteiger partial charge in [-0.3, -0.25) is 10.3 Å². The highest BCUT2D eigenvalue weighted by atomic mass is 15.3. The molecule has 1 aliphatic rings. The third-order valence-electron chi connectivity index (χ3n) is 4.64. The summed E-state index contributed by atoms with van der Waals surface area (Å²) in [5.41, 5.74) is 10.5. The molecule has 0 aliphatic carbocycles. The lowest BCUT2D eigenvalue weighted by molar-refractivity contribution is 0.296. The Bertz CT molecular complexity index is 803. The fourth-order valence-electron chi connectivity index (χ4n) is 3.03. The van der Waals surface area contributed by atoms with Crippen LogP contribution in [0.1, 0.15) is 30.5 Å². The molecule has 3 rings (SSSR count). The highest BCUT2D eigenvalue weighted by Crippen LogP contribution is 2.29. The van der Waals surface area contributed by atoms with Crippen LogP contribution in [0.25, 0.3) is 0 Å². The Balaban J connectivity index is 1.87. The van der Waals surface area contributed by atoms with Gasteiger partial charge in [0.15, 0.2) is 0 Å². The van der Waals surface area contributed by atoms with Crippen molar-refractivity contribution in [2.24, 2.45) is 5.10 Å². The molecule has 0 bridgehead atoms. The van der Waals surface area contributed by atoms with Gasteiger partial charge in [0.2, 0.25) is 0 Å². The van der Waals surface area contributed by atoms with E-state index in [1.54, 1.807) is 0 Å². The number of benzene rings is 2. The second-order valence-corrected chi connectivity index (χ2v) is 6.33. The van der Waals surface area contributed by atoms with Crippen molar-refractivity contribution in [3.05, 3.63) is 71.4 Å². The standard InChI is InChI=1S/C21H26N4/c1-5-25(6-2)14-17-11-12-20-18(13-17)21(16(4)22-20)24-23-19-10-8-7-9-15(19)3/h7-13,22-23H,4-6,14H2,1-3H3/b24-21+. The average molecular weight is 334 g/mol. The van der Waals surface area contributed by atoms with E-state index in [2.05, 4.69) is 72.4 Å². The first kappa shape index (κ1) is 17.2. The SMILES string of the molecule is C=C1Nc2ccc(CN(CC)CC)cc2/C1=N/Nc1ccccc1C. The maximum Gasteiger partial charge on any atom is 0.115 e. The number of nitrogens with one attached hydrogen (secondary N) is 2. The van der Waals surface area contributed by atoms with E-state index in [0.29, 0.717) is 0 Å². The Labute approximate surface area is 150 Å². The lowest BCUT2D eigenvalue weighted by Gasteiger charge is -2.18. The molecule has 2 N–H and O–H groups in total. The lowest BCUT2D eigenvalue weighted by Crippen LogP contribution is -2.22. The minimum absolute atomic E-state index is 0.830. The number of fused-ring (bicyclic) bond motifs is 1. The molecule has 4 heteroatoms. The van der Waals surface area contributed by atoms with Crippen molar-refractivity contribution >= 4 is 17.1 Å². The Kier molecular flexibility index (Phi) is 5.19. The molecule has 1 heterocycles. The number of anilines is 2. The van der Waals surface area contributed by atoms with E-state index in [-0.39, 0.29) is 0 Å². The number of aryl methyl sites for hydroxylation is 1. The summed E-state index contributed by atoms with van der Waals surface area (Å²) < 4.78 is 0. The van der Waals surface area contributed by atoms with Crippen molar-refractivity contribution in [2.75, 3.05) is 23.8 Å². The Morgan fingerprint density at radius 2 is 1.88 bits per heavy atom. The van der Waals surface area contributed by atoms with Gasteiger partial charge in [0, 0.05) is 17.8 Å². The van der Waals surface area contributed by atoms with Gasteiger partial charge in [-0.1, -0.05) is 44.7 Å². The largest absolute Gasteiger partial charge is 0.354 e. The van der Waals surface area contributed by atoms with Crippen LogP contribution in [0, 0.1) is 6.92 Å². The molecule has 0 amide bonds. The van der Waals surface area contributed by atoms with Gasteiger partial charge in [-0.05, 0) is 49.3 Å². The van der Waals surface area contributed by atoms with E-state index >= 15 is 0 Å². The Morgan fingerprint density at radius 1 is 1.12 bits per heavy atom. The van der Waals surface area contributed by atoms with E-state index in [1.807, 2.05) is 18.2 Å². The molecule has 0 fully saturated rings. The van der Waals surface area contributed by atoms with Crippen LogP contribution in [0.4, 0.5) is 11.4 Å². The summed E-state index contributed by atoms with van der Waals surface area (Å²) >= 11 is 0. The van der Waals surface area contributed by atoms with Crippen LogP contribution >= 0.6 is 0 Å². The molecule has 0 saturated carbocycles. The molecule has 130 valence electrons. The molecule has 0 spiro atoms. The summed E-state index contributed by atoms with van der Waals surface area (Å²) in [6, 6.07) is 14.6. The third-order valence-corrected chi connectivity index (χ3v) is 4.64. The van der Waals surface area contributed by atoms with Crippen molar-refractivity contribution in [3.63, 3.8) is 0 Å². The van der Waals surface area contributed by atoms with Gasteiger partial charge in [0.1, 0.15) is 5.71 Å². The molecule has 0 radical (unpaired) electrons. The van der Waals surface area contributed by atoms with Gasteiger partial charge < -0.3 is 5.32 Å². The normalized spacial score (nSPS) is 14.7. The van der Waals surface area contributed by atoms with Gasteiger partial charge >= 0.3 is 0 Å². The third kappa shape index (κ3) is 3.74. The number of nitrogens with zero attached hydrogens (tertiary/aromatic N) is 2. The summed E-state index contributed by atoms with van der Waals surface area (Å²) in [7, 11) is 0. The molecule has 2 aromatic carbocycles. The summed E-state index contributed by atoms with van der Waals surface area (Å²) in [6.07, 6.45) is 0. The Hall–Kier alpha value is -2.59. The van der Waals surface area contributed by atoms with Gasteiger partial charge in [0.25, 0.3) is 0 Å². The molecule has 4 nitrogen and oxygen atoms in total. The maximum atomic E-state index is 4.63. The minimum Gasteiger partial charge on any atom is -0.354 e. The maximum absolute atomic E-state index is 4.63. The molecule has 0 unspecified atom stereocenters. The number of hydrogen-bond acceptors (Lipinski definition) is 4. The quantitative estimate of drug-likeness (QED) is 0.759. The van der Waals surface area contributed by atoms with Crippen LogP contribution in [-0.4, -0.2) is 23.7 Å². The van der Waals surface area contributed by atoms with Crippen LogP contribution in [0.2, 0.25) is 0 Å². The number of hydrazone groups is 1. The molecular formula is C21H26N4. The van der Waals surface area contributed by atoms with Crippen molar-refractivity contribution in [2.45, 2.75) is 27.3 Å². The van der Waals surface area contributed by atoms with Crippen molar-refractivity contribution < 1.29 is 0 Å². The van der Waals surface area contributed by atoms with E-state index in [1.165, 1.54) is 11.1 Å². The van der Waals surface area contributed by atoms with Crippen LogP contribution in [0.15, 0.2) is 59.8 Å². The fraction of sp³-hybridized carbons (Fsp3) is 0.286. The van der Waals surface area contributed by atoms with E-state index in [0.717, 1.165) is 48.0 Å². The molecular weight excluding hydrogens is 308 g/mol. The average Bonchev–Trinajstić information content (AvgIpc) is 2.93. The van der Waals surface area contributed by atoms with Crippen LogP contribution in [-0.2, 0) is 6.54 Å². The molecule has 0 aromatic heterocycles. The molecule has 0 atom stereocenters. The summed E-state index contributed by atoms with van der Waals surface area (Å²) in [5.74, 6) is 0. The van der Waals surface area contributed by atoms with Crippen molar-refractivity contribution in [1.29, 1.82) is 0 Å². The van der Waals surface area contributed by atoms with E-state index in [4.69, 9.17) is 0 Å². The zero-order valence-electron chi connectivity index (χ0n) is 15.3. The van der Waals surface area contributed by atoms with Gasteiger partial charge in [-0.15, -0.1) is 0 Å². The van der Waals surface area contributed by atoms with Crippen LogP contribution in [0.3, 0.4) is 0 Å².